The first-order chi connectivity index (χ1) is 8.65. The van der Waals surface area contributed by atoms with Crippen LogP contribution in [-0.4, -0.2) is 37.6 Å². The molecular weight excluding hydrogens is 226 g/mol. The molecule has 3 nitrogen and oxygen atoms in total. The van der Waals surface area contributed by atoms with Crippen molar-refractivity contribution in [3.63, 3.8) is 0 Å². The van der Waals surface area contributed by atoms with Crippen LogP contribution in [0.3, 0.4) is 0 Å². The van der Waals surface area contributed by atoms with Gasteiger partial charge in [0.15, 0.2) is 0 Å². The van der Waals surface area contributed by atoms with E-state index in [0.717, 1.165) is 31.7 Å². The molecule has 2 rings (SSSR count). The third-order valence-corrected chi connectivity index (χ3v) is 3.42. The van der Waals surface area contributed by atoms with Gasteiger partial charge in [-0.3, -0.25) is 4.79 Å². The molecule has 1 atom stereocenters. The van der Waals surface area contributed by atoms with Crippen molar-refractivity contribution < 1.29 is 9.53 Å². The summed E-state index contributed by atoms with van der Waals surface area (Å²) in [6.07, 6.45) is 1.56. The minimum atomic E-state index is 0.188. The molecule has 1 fully saturated rings. The van der Waals surface area contributed by atoms with Crippen LogP contribution >= 0.6 is 0 Å². The van der Waals surface area contributed by atoms with Gasteiger partial charge in [-0.05, 0) is 18.9 Å². The van der Waals surface area contributed by atoms with Crippen molar-refractivity contribution in [3.8, 4) is 0 Å². The van der Waals surface area contributed by atoms with Gasteiger partial charge in [-0.25, -0.2) is 0 Å². The molecule has 0 radical (unpaired) electrons. The van der Waals surface area contributed by atoms with Crippen LogP contribution in [0.5, 0.6) is 0 Å². The van der Waals surface area contributed by atoms with E-state index in [1.165, 1.54) is 5.56 Å². The summed E-state index contributed by atoms with van der Waals surface area (Å²) in [6.45, 7) is 4.49. The molecule has 98 valence electrons. The first kappa shape index (κ1) is 13.1. The van der Waals surface area contributed by atoms with Crippen LogP contribution in [-0.2, 0) is 16.0 Å². The fourth-order valence-corrected chi connectivity index (χ4v) is 2.35. The molecule has 0 spiro atoms. The van der Waals surface area contributed by atoms with E-state index in [1.807, 2.05) is 37.1 Å². The Labute approximate surface area is 109 Å². The monoisotopic (exact) mass is 247 g/mol. The number of likely N-dealkylation sites (N-methyl/N-ethyl adjacent to an activating group) is 1. The summed E-state index contributed by atoms with van der Waals surface area (Å²) >= 11 is 0. The molecule has 0 aliphatic carbocycles. The molecular formula is C15H21NO2. The Hall–Kier alpha value is -1.35. The molecule has 1 aliphatic heterocycles. The predicted octanol–water partition coefficient (Wildman–Crippen LogP) is 2.03. The molecule has 3 heteroatoms. The number of hydrogen-bond acceptors (Lipinski definition) is 2. The number of benzene rings is 1. The molecule has 1 aliphatic rings. The first-order valence-electron chi connectivity index (χ1n) is 6.52. The Bertz CT molecular complexity index is 411. The number of nitrogens with zero attached hydrogens (tertiary/aromatic N) is 1. The van der Waals surface area contributed by atoms with Crippen LogP contribution in [0, 0.1) is 12.8 Å². The Morgan fingerprint density at radius 2 is 2.33 bits per heavy atom. The topological polar surface area (TPSA) is 29.5 Å². The summed E-state index contributed by atoms with van der Waals surface area (Å²) in [5.74, 6) is 0.698. The summed E-state index contributed by atoms with van der Waals surface area (Å²) < 4.78 is 5.33. The molecule has 0 saturated carbocycles. The third-order valence-electron chi connectivity index (χ3n) is 3.42. The number of amides is 1. The van der Waals surface area contributed by atoms with Crippen LogP contribution in [0.4, 0.5) is 0 Å². The van der Waals surface area contributed by atoms with E-state index in [0.29, 0.717) is 12.3 Å². The van der Waals surface area contributed by atoms with Gasteiger partial charge in [0.1, 0.15) is 0 Å². The number of hydrogen-bond donors (Lipinski definition) is 0. The maximum Gasteiger partial charge on any atom is 0.226 e. The number of aryl methyl sites for hydroxylation is 1. The maximum atomic E-state index is 12.1. The maximum absolute atomic E-state index is 12.1. The molecule has 0 aromatic heterocycles. The zero-order valence-electron chi connectivity index (χ0n) is 11.2. The van der Waals surface area contributed by atoms with E-state index < -0.39 is 0 Å². The summed E-state index contributed by atoms with van der Waals surface area (Å²) in [6, 6.07) is 8.14. The quantitative estimate of drug-likeness (QED) is 0.815. The Kier molecular flexibility index (Phi) is 4.37. The second-order valence-electron chi connectivity index (χ2n) is 5.17. The van der Waals surface area contributed by atoms with Crippen molar-refractivity contribution in [2.45, 2.75) is 19.8 Å². The van der Waals surface area contributed by atoms with Gasteiger partial charge < -0.3 is 9.64 Å². The minimum Gasteiger partial charge on any atom is -0.381 e. The van der Waals surface area contributed by atoms with Crippen molar-refractivity contribution >= 4 is 5.91 Å². The van der Waals surface area contributed by atoms with E-state index >= 15 is 0 Å². The lowest BCUT2D eigenvalue weighted by Gasteiger charge is -2.20. The van der Waals surface area contributed by atoms with E-state index in [-0.39, 0.29) is 5.91 Å². The van der Waals surface area contributed by atoms with Gasteiger partial charge in [0, 0.05) is 26.1 Å². The van der Waals surface area contributed by atoms with Crippen molar-refractivity contribution in [2.75, 3.05) is 26.8 Å². The van der Waals surface area contributed by atoms with Crippen LogP contribution in [0.1, 0.15) is 17.5 Å². The highest BCUT2D eigenvalue weighted by Crippen LogP contribution is 2.14. The fraction of sp³-hybridized carbons (Fsp3) is 0.533. The van der Waals surface area contributed by atoms with E-state index in [1.54, 1.807) is 0 Å². The predicted molar refractivity (Wildman–Crippen MR) is 71.4 cm³/mol. The average molecular weight is 247 g/mol. The Morgan fingerprint density at radius 1 is 1.50 bits per heavy atom. The highest BCUT2D eigenvalue weighted by Gasteiger charge is 2.20. The van der Waals surface area contributed by atoms with Crippen LogP contribution in [0.15, 0.2) is 24.3 Å². The van der Waals surface area contributed by atoms with E-state index in [2.05, 4.69) is 6.07 Å². The average Bonchev–Trinajstić information content (AvgIpc) is 2.81. The second-order valence-corrected chi connectivity index (χ2v) is 5.17. The lowest BCUT2D eigenvalue weighted by Crippen LogP contribution is -2.33. The zero-order chi connectivity index (χ0) is 13.0. The standard InChI is InChI=1S/C15H21NO2/c1-12-4-3-5-13(8-12)9-15(17)16(2)10-14-6-7-18-11-14/h3-5,8,14H,6-7,9-11H2,1-2H3. The Morgan fingerprint density at radius 3 is 3.00 bits per heavy atom. The summed E-state index contributed by atoms with van der Waals surface area (Å²) in [4.78, 5) is 13.9. The number of rotatable bonds is 4. The third kappa shape index (κ3) is 3.57. The normalized spacial score (nSPS) is 18.9. The molecule has 1 aromatic rings. The minimum absolute atomic E-state index is 0.188. The van der Waals surface area contributed by atoms with Crippen molar-refractivity contribution in [1.29, 1.82) is 0 Å². The van der Waals surface area contributed by atoms with Gasteiger partial charge in [0.25, 0.3) is 0 Å². The van der Waals surface area contributed by atoms with Crippen molar-refractivity contribution in [1.82, 2.24) is 4.90 Å². The van der Waals surface area contributed by atoms with Gasteiger partial charge in [-0.1, -0.05) is 29.8 Å². The van der Waals surface area contributed by atoms with Crippen LogP contribution < -0.4 is 0 Å². The van der Waals surface area contributed by atoms with Gasteiger partial charge in [-0.2, -0.15) is 0 Å². The van der Waals surface area contributed by atoms with Gasteiger partial charge in [-0.15, -0.1) is 0 Å². The van der Waals surface area contributed by atoms with Gasteiger partial charge in [0.2, 0.25) is 5.91 Å². The molecule has 1 aromatic carbocycles. The molecule has 18 heavy (non-hydrogen) atoms. The van der Waals surface area contributed by atoms with E-state index in [4.69, 9.17) is 4.74 Å². The lowest BCUT2D eigenvalue weighted by molar-refractivity contribution is -0.129. The lowest BCUT2D eigenvalue weighted by atomic mass is 10.1. The molecule has 1 unspecified atom stereocenters. The van der Waals surface area contributed by atoms with Crippen LogP contribution in [0.2, 0.25) is 0 Å². The highest BCUT2D eigenvalue weighted by molar-refractivity contribution is 5.78. The molecule has 1 saturated heterocycles. The highest BCUT2D eigenvalue weighted by atomic mass is 16.5. The largest absolute Gasteiger partial charge is 0.381 e. The van der Waals surface area contributed by atoms with Crippen LogP contribution in [0.25, 0.3) is 0 Å². The number of carbonyl (C=O) groups excluding carboxylic acids is 1. The molecule has 1 amide bonds. The fourth-order valence-electron chi connectivity index (χ4n) is 2.35. The number of ether oxygens (including phenoxy) is 1. The summed E-state index contributed by atoms with van der Waals surface area (Å²) in [7, 11) is 1.89. The van der Waals surface area contributed by atoms with Crippen molar-refractivity contribution in [3.05, 3.63) is 35.4 Å². The summed E-state index contributed by atoms with van der Waals surface area (Å²) in [5.41, 5.74) is 2.29. The molecule has 0 N–H and O–H groups in total. The van der Waals surface area contributed by atoms with E-state index in [9.17, 15) is 4.79 Å². The Balaban J connectivity index is 1.86. The summed E-state index contributed by atoms with van der Waals surface area (Å²) in [5, 5.41) is 0. The number of carbonyl (C=O) groups is 1. The second kappa shape index (κ2) is 6.01. The zero-order valence-corrected chi connectivity index (χ0v) is 11.2. The smallest absolute Gasteiger partial charge is 0.226 e. The van der Waals surface area contributed by atoms with Gasteiger partial charge >= 0.3 is 0 Å². The molecule has 0 bridgehead atoms. The van der Waals surface area contributed by atoms with Gasteiger partial charge in [0.05, 0.1) is 13.0 Å². The SMILES string of the molecule is Cc1cccc(CC(=O)N(C)CC2CCOC2)c1. The van der Waals surface area contributed by atoms with Crippen molar-refractivity contribution in [2.24, 2.45) is 5.92 Å². The molecule has 1 heterocycles. The first-order valence-corrected chi connectivity index (χ1v) is 6.52.